The van der Waals surface area contributed by atoms with Crippen LogP contribution >= 0.6 is 11.6 Å². The molecule has 0 saturated carbocycles. The molecule has 9 heteroatoms. The van der Waals surface area contributed by atoms with Crippen molar-refractivity contribution in [2.75, 3.05) is 19.7 Å². The molecule has 1 amide bonds. The van der Waals surface area contributed by atoms with Gasteiger partial charge in [-0.15, -0.1) is 0 Å². The van der Waals surface area contributed by atoms with E-state index in [2.05, 4.69) is 0 Å². The van der Waals surface area contributed by atoms with Crippen LogP contribution in [0.2, 0.25) is 5.02 Å². The predicted octanol–water partition coefficient (Wildman–Crippen LogP) is 5.13. The largest absolute Gasteiger partial charge is 0.493 e. The van der Waals surface area contributed by atoms with Crippen molar-refractivity contribution >= 4 is 27.8 Å². The molecule has 1 unspecified atom stereocenters. The molecule has 0 aliphatic carbocycles. The first-order valence-corrected chi connectivity index (χ1v) is 12.2. The first-order valence-electron chi connectivity index (χ1n) is 10.4. The van der Waals surface area contributed by atoms with E-state index in [0.29, 0.717) is 25.4 Å². The number of carbonyl (C=O) groups is 1. The van der Waals surface area contributed by atoms with E-state index in [0.717, 1.165) is 12.8 Å². The van der Waals surface area contributed by atoms with Gasteiger partial charge in [0.1, 0.15) is 22.0 Å². The van der Waals surface area contributed by atoms with Gasteiger partial charge < -0.3 is 18.6 Å². The Morgan fingerprint density at radius 3 is 2.56 bits per heavy atom. The second kappa shape index (κ2) is 10.0. The summed E-state index contributed by atoms with van der Waals surface area (Å²) in [5.74, 6) is 0.750. The Kier molecular flexibility index (Phi) is 7.56. The number of nitrogens with zero attached hydrogens (tertiary/aromatic N) is 1. The maximum atomic E-state index is 12.5. The molecule has 0 spiro atoms. The zero-order chi connectivity index (χ0) is 23.4. The summed E-state index contributed by atoms with van der Waals surface area (Å²) in [6, 6.07) is 12.5. The summed E-state index contributed by atoms with van der Waals surface area (Å²) in [5, 5.41) is 0.0896. The number of amides is 1. The van der Waals surface area contributed by atoms with Crippen molar-refractivity contribution in [2.45, 2.75) is 44.1 Å². The van der Waals surface area contributed by atoms with Crippen LogP contribution in [0.4, 0.5) is 4.79 Å². The minimum absolute atomic E-state index is 0.0896. The Hall–Kier alpha value is -2.45. The van der Waals surface area contributed by atoms with Crippen LogP contribution in [-0.2, 0) is 14.9 Å². The summed E-state index contributed by atoms with van der Waals surface area (Å²) in [4.78, 5) is 13.9. The quantitative estimate of drug-likeness (QED) is 0.532. The van der Waals surface area contributed by atoms with Crippen LogP contribution in [-0.4, -0.2) is 44.7 Å². The van der Waals surface area contributed by atoms with Crippen LogP contribution in [0.5, 0.6) is 11.5 Å². The number of ether oxygens (including phenoxy) is 2. The fourth-order valence-electron chi connectivity index (χ4n) is 3.34. The zero-order valence-electron chi connectivity index (χ0n) is 18.4. The van der Waals surface area contributed by atoms with Crippen molar-refractivity contribution in [3.63, 3.8) is 0 Å². The van der Waals surface area contributed by atoms with Crippen molar-refractivity contribution in [1.29, 1.82) is 0 Å². The van der Waals surface area contributed by atoms with E-state index in [1.807, 2.05) is 20.8 Å². The molecular formula is C23H28ClNO6S. The Bertz CT molecular complexity index is 1050. The Balaban J connectivity index is 1.59. The minimum atomic E-state index is -4.07. The van der Waals surface area contributed by atoms with Gasteiger partial charge in [0.2, 0.25) is 0 Å². The third kappa shape index (κ3) is 6.77. The second-order valence-electron chi connectivity index (χ2n) is 8.69. The van der Waals surface area contributed by atoms with Gasteiger partial charge in [-0.3, -0.25) is 0 Å². The van der Waals surface area contributed by atoms with Gasteiger partial charge in [0, 0.05) is 25.1 Å². The van der Waals surface area contributed by atoms with Crippen molar-refractivity contribution < 1.29 is 26.9 Å². The Morgan fingerprint density at radius 1 is 1.12 bits per heavy atom. The maximum absolute atomic E-state index is 12.5. The number of benzene rings is 2. The number of hydrogen-bond donors (Lipinski definition) is 0. The van der Waals surface area contributed by atoms with Gasteiger partial charge in [0.05, 0.1) is 11.6 Å². The summed E-state index contributed by atoms with van der Waals surface area (Å²) in [7, 11) is -4.07. The van der Waals surface area contributed by atoms with E-state index in [4.69, 9.17) is 25.3 Å². The molecule has 1 heterocycles. The topological polar surface area (TPSA) is 82.1 Å². The van der Waals surface area contributed by atoms with Crippen LogP contribution < -0.4 is 8.92 Å². The highest BCUT2D eigenvalue weighted by Crippen LogP contribution is 2.27. The molecule has 3 rings (SSSR count). The standard InChI is InChI=1S/C23H28ClNO6S/c1-23(2,3)30-22(26)25-13-7-8-17(15-25)16-29-18-9-6-10-19(14-18)31-32(27,28)21-12-5-4-11-20(21)24/h4-6,9-12,14,17H,7-8,13,15-16H2,1-3H3. The highest BCUT2D eigenvalue weighted by molar-refractivity contribution is 7.87. The van der Waals surface area contributed by atoms with Crippen molar-refractivity contribution in [2.24, 2.45) is 5.92 Å². The molecule has 0 N–H and O–H groups in total. The molecule has 2 aromatic rings. The lowest BCUT2D eigenvalue weighted by Crippen LogP contribution is -2.44. The fraction of sp³-hybridized carbons (Fsp3) is 0.435. The number of piperidine rings is 1. The molecule has 1 fully saturated rings. The number of rotatable bonds is 6. The van der Waals surface area contributed by atoms with Gasteiger partial charge in [0.25, 0.3) is 0 Å². The highest BCUT2D eigenvalue weighted by atomic mass is 35.5. The van der Waals surface area contributed by atoms with Gasteiger partial charge in [-0.25, -0.2) is 4.79 Å². The van der Waals surface area contributed by atoms with Gasteiger partial charge in [-0.2, -0.15) is 8.42 Å². The SMILES string of the molecule is CC(C)(C)OC(=O)N1CCCC(COc2cccc(OS(=O)(=O)c3ccccc3Cl)c2)C1. The molecule has 1 atom stereocenters. The van der Waals surface area contributed by atoms with Crippen molar-refractivity contribution in [3.8, 4) is 11.5 Å². The molecule has 0 radical (unpaired) electrons. The van der Waals surface area contributed by atoms with E-state index in [-0.39, 0.29) is 27.7 Å². The Morgan fingerprint density at radius 2 is 1.84 bits per heavy atom. The first-order chi connectivity index (χ1) is 15.0. The average molecular weight is 482 g/mol. The monoisotopic (exact) mass is 481 g/mol. The Labute approximate surface area is 194 Å². The van der Waals surface area contributed by atoms with Crippen LogP contribution in [0.3, 0.4) is 0 Å². The lowest BCUT2D eigenvalue weighted by Gasteiger charge is -2.34. The normalized spacial score (nSPS) is 17.0. The highest BCUT2D eigenvalue weighted by Gasteiger charge is 2.28. The molecule has 1 saturated heterocycles. The molecule has 2 aromatic carbocycles. The maximum Gasteiger partial charge on any atom is 0.410 e. The van der Waals surface area contributed by atoms with E-state index in [1.54, 1.807) is 29.2 Å². The van der Waals surface area contributed by atoms with Crippen LogP contribution in [0.25, 0.3) is 0 Å². The minimum Gasteiger partial charge on any atom is -0.493 e. The van der Waals surface area contributed by atoms with Gasteiger partial charge in [-0.05, 0) is 57.9 Å². The molecule has 1 aliphatic rings. The fourth-order valence-corrected chi connectivity index (χ4v) is 4.76. The molecular weight excluding hydrogens is 454 g/mol. The molecule has 0 aromatic heterocycles. The van der Waals surface area contributed by atoms with E-state index in [9.17, 15) is 13.2 Å². The predicted molar refractivity (Wildman–Crippen MR) is 122 cm³/mol. The second-order valence-corrected chi connectivity index (χ2v) is 10.6. The number of halogens is 1. The number of likely N-dealkylation sites (tertiary alicyclic amines) is 1. The smallest absolute Gasteiger partial charge is 0.410 e. The summed E-state index contributed by atoms with van der Waals surface area (Å²) >= 11 is 5.99. The van der Waals surface area contributed by atoms with Crippen LogP contribution in [0, 0.1) is 5.92 Å². The van der Waals surface area contributed by atoms with Gasteiger partial charge >= 0.3 is 16.2 Å². The van der Waals surface area contributed by atoms with Crippen LogP contribution in [0.15, 0.2) is 53.4 Å². The average Bonchev–Trinajstić information content (AvgIpc) is 2.71. The summed E-state index contributed by atoms with van der Waals surface area (Å²) in [6.45, 7) is 7.13. The van der Waals surface area contributed by atoms with Crippen molar-refractivity contribution in [3.05, 3.63) is 53.6 Å². The van der Waals surface area contributed by atoms with E-state index >= 15 is 0 Å². The molecule has 7 nitrogen and oxygen atoms in total. The summed E-state index contributed by atoms with van der Waals surface area (Å²) in [5.41, 5.74) is -0.536. The zero-order valence-corrected chi connectivity index (χ0v) is 20.0. The third-order valence-electron chi connectivity index (χ3n) is 4.77. The number of hydrogen-bond acceptors (Lipinski definition) is 6. The van der Waals surface area contributed by atoms with E-state index < -0.39 is 15.7 Å². The molecule has 0 bridgehead atoms. The third-order valence-corrected chi connectivity index (χ3v) is 6.52. The first kappa shape index (κ1) is 24.2. The molecule has 1 aliphatic heterocycles. The lowest BCUT2D eigenvalue weighted by molar-refractivity contribution is 0.0139. The van der Waals surface area contributed by atoms with Gasteiger partial charge in [-0.1, -0.05) is 29.8 Å². The molecule has 174 valence electrons. The van der Waals surface area contributed by atoms with Crippen molar-refractivity contribution in [1.82, 2.24) is 4.90 Å². The lowest BCUT2D eigenvalue weighted by atomic mass is 9.99. The molecule has 32 heavy (non-hydrogen) atoms. The summed E-state index contributed by atoms with van der Waals surface area (Å²) < 4.78 is 41.7. The van der Waals surface area contributed by atoms with Crippen LogP contribution in [0.1, 0.15) is 33.6 Å². The summed E-state index contributed by atoms with van der Waals surface area (Å²) in [6.07, 6.45) is 1.48. The number of carbonyl (C=O) groups excluding carboxylic acids is 1. The van der Waals surface area contributed by atoms with Gasteiger partial charge in [0.15, 0.2) is 0 Å². The van der Waals surface area contributed by atoms with E-state index in [1.165, 1.54) is 24.3 Å².